The summed E-state index contributed by atoms with van der Waals surface area (Å²) >= 11 is 0. The van der Waals surface area contributed by atoms with Crippen LogP contribution in [-0.2, 0) is 6.54 Å². The zero-order valence-corrected chi connectivity index (χ0v) is 6.14. The molecule has 1 aliphatic rings. The molecule has 2 atom stereocenters. The van der Waals surface area contributed by atoms with Crippen molar-refractivity contribution in [2.45, 2.75) is 25.1 Å². The first-order valence-corrected chi connectivity index (χ1v) is 3.72. The summed E-state index contributed by atoms with van der Waals surface area (Å²) in [4.78, 5) is 4.10. The molecule has 0 spiro atoms. The molecular weight excluding hydrogens is 142 g/mol. The Hall–Kier alpha value is -0.870. The lowest BCUT2D eigenvalue weighted by Gasteiger charge is -2.24. The maximum Gasteiger partial charge on any atom is 0.125 e. The lowest BCUT2D eigenvalue weighted by atomic mass is 10.1. The Morgan fingerprint density at radius 2 is 2.55 bits per heavy atom. The van der Waals surface area contributed by atoms with E-state index in [1.54, 1.807) is 6.20 Å². The molecule has 0 radical (unpaired) electrons. The second-order valence-electron chi connectivity index (χ2n) is 2.93. The third kappa shape index (κ3) is 1.04. The fourth-order valence-corrected chi connectivity index (χ4v) is 1.50. The van der Waals surface area contributed by atoms with E-state index in [2.05, 4.69) is 4.98 Å². The molecule has 1 aliphatic heterocycles. The predicted molar refractivity (Wildman–Crippen MR) is 39.8 cm³/mol. The molecule has 11 heavy (non-hydrogen) atoms. The maximum atomic E-state index is 9.32. The van der Waals surface area contributed by atoms with Gasteiger partial charge < -0.3 is 15.4 Å². The van der Waals surface area contributed by atoms with Crippen molar-refractivity contribution in [3.8, 4) is 0 Å². The highest BCUT2D eigenvalue weighted by atomic mass is 16.3. The van der Waals surface area contributed by atoms with Crippen molar-refractivity contribution in [3.63, 3.8) is 0 Å². The van der Waals surface area contributed by atoms with Crippen LogP contribution in [-0.4, -0.2) is 20.8 Å². The van der Waals surface area contributed by atoms with Gasteiger partial charge in [0.2, 0.25) is 0 Å². The standard InChI is InChI=1S/C7H11N3O/c8-6-3-5(11)4-10-2-1-9-7(6)10/h1-2,5-6,11H,3-4,8H2/t5-,6+/m0/s1. The minimum atomic E-state index is -0.313. The molecule has 0 bridgehead atoms. The van der Waals surface area contributed by atoms with Gasteiger partial charge in [0.1, 0.15) is 5.82 Å². The van der Waals surface area contributed by atoms with E-state index in [4.69, 9.17) is 5.73 Å². The number of imidazole rings is 1. The van der Waals surface area contributed by atoms with Crippen molar-refractivity contribution in [3.05, 3.63) is 18.2 Å². The van der Waals surface area contributed by atoms with Crippen molar-refractivity contribution < 1.29 is 5.11 Å². The number of nitrogens with zero attached hydrogens (tertiary/aromatic N) is 2. The van der Waals surface area contributed by atoms with Gasteiger partial charge in [-0.15, -0.1) is 0 Å². The molecule has 2 heterocycles. The van der Waals surface area contributed by atoms with Gasteiger partial charge in [0.15, 0.2) is 0 Å². The highest BCUT2D eigenvalue weighted by molar-refractivity contribution is 5.02. The summed E-state index contributed by atoms with van der Waals surface area (Å²) in [6.07, 6.45) is 3.87. The number of aliphatic hydroxyl groups is 1. The van der Waals surface area contributed by atoms with E-state index in [1.807, 2.05) is 10.8 Å². The molecule has 2 rings (SSSR count). The van der Waals surface area contributed by atoms with Crippen LogP contribution in [0, 0.1) is 0 Å². The minimum absolute atomic E-state index is 0.103. The smallest absolute Gasteiger partial charge is 0.125 e. The molecular formula is C7H11N3O. The average molecular weight is 153 g/mol. The molecule has 3 N–H and O–H groups in total. The van der Waals surface area contributed by atoms with Crippen LogP contribution >= 0.6 is 0 Å². The molecule has 4 heteroatoms. The summed E-state index contributed by atoms with van der Waals surface area (Å²) in [5.41, 5.74) is 5.74. The molecule has 0 amide bonds. The van der Waals surface area contributed by atoms with Crippen LogP contribution in [0.1, 0.15) is 18.3 Å². The summed E-state index contributed by atoms with van der Waals surface area (Å²) < 4.78 is 1.90. The SMILES string of the molecule is N[C@@H]1C[C@H](O)Cn2ccnc21. The number of fused-ring (bicyclic) bond motifs is 1. The first-order valence-electron chi connectivity index (χ1n) is 3.72. The Labute approximate surface area is 64.7 Å². The highest BCUT2D eigenvalue weighted by Gasteiger charge is 2.23. The monoisotopic (exact) mass is 153 g/mol. The Bertz CT molecular complexity index is 258. The van der Waals surface area contributed by atoms with Gasteiger partial charge in [-0.2, -0.15) is 0 Å². The highest BCUT2D eigenvalue weighted by Crippen LogP contribution is 2.20. The summed E-state index contributed by atoms with van der Waals surface area (Å²) in [5, 5.41) is 9.32. The van der Waals surface area contributed by atoms with Crippen molar-refractivity contribution in [1.82, 2.24) is 9.55 Å². The van der Waals surface area contributed by atoms with E-state index >= 15 is 0 Å². The lowest BCUT2D eigenvalue weighted by molar-refractivity contribution is 0.118. The van der Waals surface area contributed by atoms with E-state index in [-0.39, 0.29) is 12.1 Å². The van der Waals surface area contributed by atoms with Crippen molar-refractivity contribution >= 4 is 0 Å². The van der Waals surface area contributed by atoms with Gasteiger partial charge in [0.25, 0.3) is 0 Å². The Morgan fingerprint density at radius 3 is 3.36 bits per heavy atom. The zero-order valence-electron chi connectivity index (χ0n) is 6.14. The van der Waals surface area contributed by atoms with Gasteiger partial charge in [0, 0.05) is 18.9 Å². The fraction of sp³-hybridized carbons (Fsp3) is 0.571. The van der Waals surface area contributed by atoms with Crippen molar-refractivity contribution in [1.29, 1.82) is 0 Å². The fourth-order valence-electron chi connectivity index (χ4n) is 1.50. The molecule has 0 saturated carbocycles. The molecule has 1 aromatic rings. The van der Waals surface area contributed by atoms with Gasteiger partial charge in [-0.05, 0) is 6.42 Å². The quantitative estimate of drug-likeness (QED) is 0.535. The third-order valence-electron chi connectivity index (χ3n) is 2.01. The number of hydrogen-bond donors (Lipinski definition) is 2. The lowest BCUT2D eigenvalue weighted by Crippen LogP contribution is -2.31. The summed E-state index contributed by atoms with van der Waals surface area (Å²) in [6, 6.07) is -0.103. The Kier molecular flexibility index (Phi) is 1.44. The van der Waals surface area contributed by atoms with Crippen LogP contribution in [0.3, 0.4) is 0 Å². The maximum absolute atomic E-state index is 9.32. The normalized spacial score (nSPS) is 30.0. The Morgan fingerprint density at radius 1 is 1.73 bits per heavy atom. The molecule has 0 fully saturated rings. The first kappa shape index (κ1) is 6.82. The van der Waals surface area contributed by atoms with Gasteiger partial charge >= 0.3 is 0 Å². The van der Waals surface area contributed by atoms with Crippen LogP contribution in [0.15, 0.2) is 12.4 Å². The van der Waals surface area contributed by atoms with E-state index in [0.717, 1.165) is 5.82 Å². The van der Waals surface area contributed by atoms with Crippen molar-refractivity contribution in [2.24, 2.45) is 5.73 Å². The summed E-state index contributed by atoms with van der Waals surface area (Å²) in [5.74, 6) is 0.885. The Balaban J connectivity index is 2.36. The number of hydrogen-bond acceptors (Lipinski definition) is 3. The zero-order chi connectivity index (χ0) is 7.84. The number of aromatic nitrogens is 2. The number of aliphatic hydroxyl groups excluding tert-OH is 1. The third-order valence-corrected chi connectivity index (χ3v) is 2.01. The van der Waals surface area contributed by atoms with Gasteiger partial charge in [0.05, 0.1) is 12.1 Å². The molecule has 0 aliphatic carbocycles. The topological polar surface area (TPSA) is 64.1 Å². The number of rotatable bonds is 0. The van der Waals surface area contributed by atoms with Crippen LogP contribution < -0.4 is 5.73 Å². The molecule has 60 valence electrons. The molecule has 1 aromatic heterocycles. The van der Waals surface area contributed by atoms with Crippen LogP contribution in [0.5, 0.6) is 0 Å². The predicted octanol–water partition coefficient (Wildman–Crippen LogP) is -0.353. The summed E-state index contributed by atoms with van der Waals surface area (Å²) in [7, 11) is 0. The largest absolute Gasteiger partial charge is 0.391 e. The number of nitrogens with two attached hydrogens (primary N) is 1. The van der Waals surface area contributed by atoms with E-state index < -0.39 is 0 Å². The average Bonchev–Trinajstić information content (AvgIpc) is 2.34. The molecule has 0 aromatic carbocycles. The molecule has 0 unspecified atom stereocenters. The summed E-state index contributed by atoms with van der Waals surface area (Å²) in [6.45, 7) is 0.628. The molecule has 0 saturated heterocycles. The van der Waals surface area contributed by atoms with Gasteiger partial charge in [-0.1, -0.05) is 0 Å². The van der Waals surface area contributed by atoms with Crippen LogP contribution in [0.4, 0.5) is 0 Å². The second kappa shape index (κ2) is 2.32. The first-order chi connectivity index (χ1) is 5.27. The minimum Gasteiger partial charge on any atom is -0.391 e. The van der Waals surface area contributed by atoms with E-state index in [1.165, 1.54) is 0 Å². The van der Waals surface area contributed by atoms with Crippen LogP contribution in [0.2, 0.25) is 0 Å². The van der Waals surface area contributed by atoms with Gasteiger partial charge in [-0.25, -0.2) is 4.98 Å². The van der Waals surface area contributed by atoms with E-state index in [9.17, 15) is 5.11 Å². The second-order valence-corrected chi connectivity index (χ2v) is 2.93. The van der Waals surface area contributed by atoms with Crippen LogP contribution in [0.25, 0.3) is 0 Å². The van der Waals surface area contributed by atoms with Gasteiger partial charge in [-0.3, -0.25) is 0 Å². The molecule has 4 nitrogen and oxygen atoms in total. The van der Waals surface area contributed by atoms with Crippen molar-refractivity contribution in [2.75, 3.05) is 0 Å². The van der Waals surface area contributed by atoms with E-state index in [0.29, 0.717) is 13.0 Å².